The van der Waals surface area contributed by atoms with Crippen molar-refractivity contribution in [2.75, 3.05) is 20.2 Å². The van der Waals surface area contributed by atoms with Gasteiger partial charge in [-0.05, 0) is 48.4 Å². The highest BCUT2D eigenvalue weighted by Gasteiger charge is 2.12. The molecule has 0 saturated carbocycles. The van der Waals surface area contributed by atoms with Crippen LogP contribution in [0.15, 0.2) is 48.5 Å². The van der Waals surface area contributed by atoms with Crippen LogP contribution in [0.25, 0.3) is 0 Å². The molecule has 0 bridgehead atoms. The number of rotatable bonds is 7. The van der Waals surface area contributed by atoms with E-state index in [4.69, 9.17) is 4.74 Å². The van der Waals surface area contributed by atoms with Crippen molar-refractivity contribution in [1.29, 1.82) is 0 Å². The van der Waals surface area contributed by atoms with Gasteiger partial charge in [-0.15, -0.1) is 0 Å². The number of hydrogen-bond acceptors (Lipinski definition) is 2. The molecule has 0 aromatic heterocycles. The summed E-state index contributed by atoms with van der Waals surface area (Å²) in [7, 11) is 1.68. The number of hydrogen-bond donors (Lipinski definition) is 1. The number of ether oxygens (including phenoxy) is 1. The lowest BCUT2D eigenvalue weighted by Gasteiger charge is -2.18. The molecule has 2 aromatic rings. The largest absolute Gasteiger partial charge is 0.497 e. The van der Waals surface area contributed by atoms with Crippen LogP contribution in [0.2, 0.25) is 0 Å². The maximum Gasteiger partial charge on any atom is 0.123 e. The molecule has 0 amide bonds. The zero-order chi connectivity index (χ0) is 15.1. The van der Waals surface area contributed by atoms with Gasteiger partial charge in [-0.3, -0.25) is 0 Å². The first-order valence-corrected chi connectivity index (χ1v) is 7.32. The monoisotopic (exact) mass is 287 g/mol. The van der Waals surface area contributed by atoms with Crippen LogP contribution < -0.4 is 10.1 Å². The molecule has 0 fully saturated rings. The van der Waals surface area contributed by atoms with Crippen LogP contribution in [-0.2, 0) is 6.42 Å². The van der Waals surface area contributed by atoms with Crippen LogP contribution in [0, 0.1) is 5.82 Å². The molecule has 3 heteroatoms. The Hall–Kier alpha value is -1.87. The summed E-state index contributed by atoms with van der Waals surface area (Å²) in [6, 6.07) is 14.9. The minimum atomic E-state index is -0.192. The van der Waals surface area contributed by atoms with Crippen LogP contribution in [0.3, 0.4) is 0 Å². The minimum Gasteiger partial charge on any atom is -0.497 e. The van der Waals surface area contributed by atoms with E-state index in [2.05, 4.69) is 24.4 Å². The fourth-order valence-electron chi connectivity index (χ4n) is 2.45. The van der Waals surface area contributed by atoms with E-state index < -0.39 is 0 Å². The highest BCUT2D eigenvalue weighted by molar-refractivity contribution is 5.31. The molecule has 0 spiro atoms. The molecule has 0 aliphatic rings. The maximum atomic E-state index is 13.1. The summed E-state index contributed by atoms with van der Waals surface area (Å²) < 4.78 is 18.4. The third-order valence-corrected chi connectivity index (χ3v) is 3.60. The zero-order valence-corrected chi connectivity index (χ0v) is 12.6. The van der Waals surface area contributed by atoms with Gasteiger partial charge >= 0.3 is 0 Å². The topological polar surface area (TPSA) is 21.3 Å². The van der Waals surface area contributed by atoms with Crippen LogP contribution in [-0.4, -0.2) is 20.2 Å². The van der Waals surface area contributed by atoms with Crippen LogP contribution in [0.1, 0.15) is 24.0 Å². The lowest BCUT2D eigenvalue weighted by atomic mass is 9.91. The predicted molar refractivity (Wildman–Crippen MR) is 84.4 cm³/mol. The van der Waals surface area contributed by atoms with Crippen molar-refractivity contribution in [1.82, 2.24) is 5.32 Å². The number of likely N-dealkylation sites (N-methyl/N-ethyl adjacent to an activating group) is 1. The summed E-state index contributed by atoms with van der Waals surface area (Å²) in [5, 5.41) is 3.39. The Kier molecular flexibility index (Phi) is 5.76. The van der Waals surface area contributed by atoms with E-state index in [-0.39, 0.29) is 5.82 Å². The van der Waals surface area contributed by atoms with E-state index in [1.165, 1.54) is 17.7 Å². The van der Waals surface area contributed by atoms with Crippen molar-refractivity contribution >= 4 is 0 Å². The second kappa shape index (κ2) is 7.79. The van der Waals surface area contributed by atoms with Gasteiger partial charge in [0.1, 0.15) is 11.6 Å². The summed E-state index contributed by atoms with van der Waals surface area (Å²) in [6.07, 6.45) is 0.899. The van der Waals surface area contributed by atoms with Crippen molar-refractivity contribution in [2.45, 2.75) is 19.3 Å². The van der Waals surface area contributed by atoms with Gasteiger partial charge in [-0.1, -0.05) is 31.2 Å². The Morgan fingerprint density at radius 2 is 1.90 bits per heavy atom. The Morgan fingerprint density at radius 3 is 2.57 bits per heavy atom. The van der Waals surface area contributed by atoms with E-state index in [0.717, 1.165) is 30.8 Å². The Labute approximate surface area is 126 Å². The number of methoxy groups -OCH3 is 1. The Balaban J connectivity index is 2.17. The molecule has 1 N–H and O–H groups in total. The third-order valence-electron chi connectivity index (χ3n) is 3.60. The van der Waals surface area contributed by atoms with Crippen molar-refractivity contribution in [2.24, 2.45) is 0 Å². The van der Waals surface area contributed by atoms with Gasteiger partial charge in [0.05, 0.1) is 7.11 Å². The predicted octanol–water partition coefficient (Wildman–Crippen LogP) is 3.77. The second-order valence-electron chi connectivity index (χ2n) is 5.11. The van der Waals surface area contributed by atoms with Gasteiger partial charge in [0.2, 0.25) is 0 Å². The number of halogens is 1. The highest BCUT2D eigenvalue weighted by atomic mass is 19.1. The highest BCUT2D eigenvalue weighted by Crippen LogP contribution is 2.23. The van der Waals surface area contributed by atoms with Gasteiger partial charge in [0.15, 0.2) is 0 Å². The molecule has 1 atom stereocenters. The molecule has 0 heterocycles. The Morgan fingerprint density at radius 1 is 1.14 bits per heavy atom. The molecule has 0 aliphatic heterocycles. The van der Waals surface area contributed by atoms with E-state index in [0.29, 0.717) is 5.92 Å². The SMILES string of the molecule is CCNCC(Cc1cccc(OC)c1)c1ccc(F)cc1. The summed E-state index contributed by atoms with van der Waals surface area (Å²) in [5.41, 5.74) is 2.38. The van der Waals surface area contributed by atoms with Crippen LogP contribution >= 0.6 is 0 Å². The van der Waals surface area contributed by atoms with Gasteiger partial charge in [0.25, 0.3) is 0 Å². The summed E-state index contributed by atoms with van der Waals surface area (Å²) in [5.74, 6) is 0.994. The maximum absolute atomic E-state index is 13.1. The van der Waals surface area contributed by atoms with Crippen LogP contribution in [0.4, 0.5) is 4.39 Å². The second-order valence-corrected chi connectivity index (χ2v) is 5.11. The average Bonchev–Trinajstić information content (AvgIpc) is 2.52. The van der Waals surface area contributed by atoms with Gasteiger partial charge in [-0.25, -0.2) is 4.39 Å². The smallest absolute Gasteiger partial charge is 0.123 e. The lowest BCUT2D eigenvalue weighted by molar-refractivity contribution is 0.414. The van der Waals surface area contributed by atoms with Gasteiger partial charge in [-0.2, -0.15) is 0 Å². The fourth-order valence-corrected chi connectivity index (χ4v) is 2.45. The quantitative estimate of drug-likeness (QED) is 0.837. The minimum absolute atomic E-state index is 0.192. The zero-order valence-electron chi connectivity index (χ0n) is 12.6. The number of benzene rings is 2. The molecular weight excluding hydrogens is 265 g/mol. The molecule has 2 nitrogen and oxygen atoms in total. The van der Waals surface area contributed by atoms with Crippen molar-refractivity contribution in [3.8, 4) is 5.75 Å². The van der Waals surface area contributed by atoms with Crippen molar-refractivity contribution in [3.63, 3.8) is 0 Å². The molecule has 2 aromatic carbocycles. The van der Waals surface area contributed by atoms with E-state index in [9.17, 15) is 4.39 Å². The molecule has 0 saturated heterocycles. The third kappa shape index (κ3) is 4.57. The summed E-state index contributed by atoms with van der Waals surface area (Å²) in [4.78, 5) is 0. The molecule has 0 aliphatic carbocycles. The van der Waals surface area contributed by atoms with Gasteiger partial charge in [0, 0.05) is 12.5 Å². The van der Waals surface area contributed by atoms with Crippen molar-refractivity contribution in [3.05, 3.63) is 65.5 Å². The number of nitrogens with one attached hydrogen (secondary N) is 1. The molecule has 1 unspecified atom stereocenters. The average molecular weight is 287 g/mol. The first-order chi connectivity index (χ1) is 10.2. The molecule has 112 valence electrons. The van der Waals surface area contributed by atoms with E-state index in [1.807, 2.05) is 24.3 Å². The first kappa shape index (κ1) is 15.5. The van der Waals surface area contributed by atoms with E-state index in [1.54, 1.807) is 7.11 Å². The molecule has 0 radical (unpaired) electrons. The summed E-state index contributed by atoms with van der Waals surface area (Å²) >= 11 is 0. The first-order valence-electron chi connectivity index (χ1n) is 7.32. The standard InChI is InChI=1S/C18H22FNO/c1-3-20-13-16(15-7-9-17(19)10-8-15)11-14-5-4-6-18(12-14)21-2/h4-10,12,16,20H,3,11,13H2,1-2H3. The lowest BCUT2D eigenvalue weighted by Crippen LogP contribution is -2.22. The molecular formula is C18H22FNO. The summed E-state index contributed by atoms with van der Waals surface area (Å²) in [6.45, 7) is 3.89. The van der Waals surface area contributed by atoms with Crippen LogP contribution in [0.5, 0.6) is 5.75 Å². The normalized spacial score (nSPS) is 12.1. The molecule has 2 rings (SSSR count). The van der Waals surface area contributed by atoms with Crippen molar-refractivity contribution < 1.29 is 9.13 Å². The van der Waals surface area contributed by atoms with Gasteiger partial charge < -0.3 is 10.1 Å². The fraction of sp³-hybridized carbons (Fsp3) is 0.333. The van der Waals surface area contributed by atoms with E-state index >= 15 is 0 Å². The molecule has 21 heavy (non-hydrogen) atoms. The Bertz CT molecular complexity index is 553.